The number of pyridine rings is 1. The van der Waals surface area contributed by atoms with Crippen LogP contribution in [0.3, 0.4) is 0 Å². The summed E-state index contributed by atoms with van der Waals surface area (Å²) in [5.74, 6) is 0.242. The molecule has 6 heteroatoms. The number of anilines is 1. The Balaban J connectivity index is 2.64. The summed E-state index contributed by atoms with van der Waals surface area (Å²) < 4.78 is 6.60. The molecule has 86 valence electrons. The van der Waals surface area contributed by atoms with Gasteiger partial charge in [0.1, 0.15) is 5.39 Å². The van der Waals surface area contributed by atoms with Crippen LogP contribution in [0, 0.1) is 6.92 Å². The molecule has 16 heavy (non-hydrogen) atoms. The van der Waals surface area contributed by atoms with Gasteiger partial charge in [-0.2, -0.15) is 5.10 Å². The van der Waals surface area contributed by atoms with E-state index < -0.39 is 0 Å². The van der Waals surface area contributed by atoms with Gasteiger partial charge in [-0.15, -0.1) is 0 Å². The van der Waals surface area contributed by atoms with Crippen LogP contribution in [-0.2, 0) is 11.3 Å². The lowest BCUT2D eigenvalue weighted by atomic mass is 10.2. The van der Waals surface area contributed by atoms with Crippen LogP contribution >= 0.6 is 0 Å². The quantitative estimate of drug-likeness (QED) is 0.780. The summed E-state index contributed by atoms with van der Waals surface area (Å²) in [4.78, 5) is 12.1. The largest absolute Gasteiger partial charge is 0.383 e. The highest BCUT2D eigenvalue weighted by molar-refractivity contribution is 5.87. The first-order chi connectivity index (χ1) is 7.65. The number of hydrogen-bond donors (Lipinski definition) is 2. The lowest BCUT2D eigenvalue weighted by molar-refractivity contribution is 0.185. The summed E-state index contributed by atoms with van der Waals surface area (Å²) in [7, 11) is 1.60. The van der Waals surface area contributed by atoms with Gasteiger partial charge in [-0.25, -0.2) is 0 Å². The third-order valence-corrected chi connectivity index (χ3v) is 2.58. The van der Waals surface area contributed by atoms with Crippen molar-refractivity contribution in [2.75, 3.05) is 19.5 Å². The monoisotopic (exact) mass is 222 g/mol. The number of nitrogens with one attached hydrogen (secondary N) is 1. The second-order valence-corrected chi connectivity index (χ2v) is 3.63. The Morgan fingerprint density at radius 3 is 3.06 bits per heavy atom. The van der Waals surface area contributed by atoms with E-state index in [1.807, 2.05) is 13.0 Å². The topological polar surface area (TPSA) is 85.9 Å². The van der Waals surface area contributed by atoms with Gasteiger partial charge in [0.25, 0.3) is 5.56 Å². The van der Waals surface area contributed by atoms with Crippen LogP contribution in [0.2, 0.25) is 0 Å². The molecule has 0 aliphatic heterocycles. The number of aromatic nitrogens is 3. The van der Waals surface area contributed by atoms with E-state index in [1.54, 1.807) is 11.7 Å². The third-order valence-electron chi connectivity index (χ3n) is 2.58. The summed E-state index contributed by atoms with van der Waals surface area (Å²) in [6.07, 6.45) is 0. The number of fused-ring (bicyclic) bond motifs is 1. The molecular weight excluding hydrogens is 208 g/mol. The second-order valence-electron chi connectivity index (χ2n) is 3.63. The van der Waals surface area contributed by atoms with Gasteiger partial charge in [0, 0.05) is 19.3 Å². The van der Waals surface area contributed by atoms with Crippen LogP contribution in [0.15, 0.2) is 10.9 Å². The summed E-state index contributed by atoms with van der Waals surface area (Å²) in [5, 5.41) is 7.01. The van der Waals surface area contributed by atoms with Crippen molar-refractivity contribution >= 4 is 16.7 Å². The number of hydrogen-bond acceptors (Lipinski definition) is 4. The number of nitrogens with zero attached hydrogens (tertiary/aromatic N) is 2. The molecule has 2 heterocycles. The average molecular weight is 222 g/mol. The van der Waals surface area contributed by atoms with E-state index in [2.05, 4.69) is 10.2 Å². The molecule has 0 radical (unpaired) electrons. The molecule has 0 aliphatic carbocycles. The van der Waals surface area contributed by atoms with E-state index in [-0.39, 0.29) is 11.4 Å². The minimum atomic E-state index is -0.127. The van der Waals surface area contributed by atoms with Gasteiger partial charge in [0.2, 0.25) is 0 Å². The maximum atomic E-state index is 12.1. The Morgan fingerprint density at radius 1 is 1.62 bits per heavy atom. The van der Waals surface area contributed by atoms with Gasteiger partial charge in [-0.05, 0) is 13.0 Å². The predicted molar refractivity (Wildman–Crippen MR) is 61.4 cm³/mol. The van der Waals surface area contributed by atoms with E-state index in [0.717, 1.165) is 5.69 Å². The number of ether oxygens (including phenoxy) is 1. The fraction of sp³-hybridized carbons (Fsp3) is 0.400. The van der Waals surface area contributed by atoms with Crippen LogP contribution in [0.4, 0.5) is 5.82 Å². The van der Waals surface area contributed by atoms with Gasteiger partial charge in [-0.3, -0.25) is 9.89 Å². The van der Waals surface area contributed by atoms with Crippen molar-refractivity contribution in [3.63, 3.8) is 0 Å². The zero-order chi connectivity index (χ0) is 11.7. The van der Waals surface area contributed by atoms with E-state index in [0.29, 0.717) is 24.1 Å². The number of aryl methyl sites for hydroxylation is 1. The van der Waals surface area contributed by atoms with Crippen molar-refractivity contribution < 1.29 is 4.74 Å². The van der Waals surface area contributed by atoms with Crippen molar-refractivity contribution in [2.45, 2.75) is 13.5 Å². The summed E-state index contributed by atoms with van der Waals surface area (Å²) in [5.41, 5.74) is 7.05. The highest BCUT2D eigenvalue weighted by Crippen LogP contribution is 2.14. The normalized spacial score (nSPS) is 11.1. The molecule has 0 atom stereocenters. The van der Waals surface area contributed by atoms with Crippen molar-refractivity contribution in [1.29, 1.82) is 0 Å². The van der Waals surface area contributed by atoms with E-state index >= 15 is 0 Å². The van der Waals surface area contributed by atoms with Gasteiger partial charge >= 0.3 is 0 Å². The van der Waals surface area contributed by atoms with Crippen molar-refractivity contribution in [3.8, 4) is 0 Å². The molecular formula is C10H14N4O2. The lowest BCUT2D eigenvalue weighted by Crippen LogP contribution is -2.24. The molecule has 0 amide bonds. The van der Waals surface area contributed by atoms with E-state index in [1.165, 1.54) is 0 Å². The third kappa shape index (κ3) is 1.57. The summed E-state index contributed by atoms with van der Waals surface area (Å²) in [6, 6.07) is 1.86. The molecule has 0 saturated heterocycles. The molecule has 0 unspecified atom stereocenters. The molecule has 0 fully saturated rings. The molecule has 0 bridgehead atoms. The van der Waals surface area contributed by atoms with Crippen molar-refractivity contribution in [3.05, 3.63) is 22.1 Å². The Morgan fingerprint density at radius 2 is 2.38 bits per heavy atom. The summed E-state index contributed by atoms with van der Waals surface area (Å²) >= 11 is 0. The van der Waals surface area contributed by atoms with Crippen LogP contribution in [0.1, 0.15) is 5.69 Å². The SMILES string of the molecule is COCCn1c(C)cc2[nH]nc(N)c2c1=O. The smallest absolute Gasteiger partial charge is 0.264 e. The first kappa shape index (κ1) is 10.7. The molecule has 0 saturated carbocycles. The zero-order valence-electron chi connectivity index (χ0n) is 9.28. The van der Waals surface area contributed by atoms with Crippen LogP contribution in [0.5, 0.6) is 0 Å². The lowest BCUT2D eigenvalue weighted by Gasteiger charge is -2.09. The highest BCUT2D eigenvalue weighted by atomic mass is 16.5. The minimum absolute atomic E-state index is 0.127. The molecule has 0 aromatic carbocycles. The summed E-state index contributed by atoms with van der Waals surface area (Å²) in [6.45, 7) is 2.87. The minimum Gasteiger partial charge on any atom is -0.383 e. The maximum Gasteiger partial charge on any atom is 0.264 e. The Bertz CT molecular complexity index is 570. The molecule has 0 aliphatic rings. The molecule has 2 rings (SSSR count). The van der Waals surface area contributed by atoms with Crippen LogP contribution in [0.25, 0.3) is 10.9 Å². The first-order valence-corrected chi connectivity index (χ1v) is 4.98. The second kappa shape index (κ2) is 3.97. The molecule has 2 aromatic rings. The molecule has 6 nitrogen and oxygen atoms in total. The van der Waals surface area contributed by atoms with Gasteiger partial charge in [0.05, 0.1) is 12.1 Å². The Labute approximate surface area is 92.0 Å². The molecule has 2 aromatic heterocycles. The van der Waals surface area contributed by atoms with E-state index in [9.17, 15) is 4.79 Å². The molecule has 3 N–H and O–H groups in total. The maximum absolute atomic E-state index is 12.1. The Hall–Kier alpha value is -1.82. The average Bonchev–Trinajstić information content (AvgIpc) is 2.60. The fourth-order valence-electron chi connectivity index (χ4n) is 1.74. The van der Waals surface area contributed by atoms with Gasteiger partial charge < -0.3 is 15.0 Å². The van der Waals surface area contributed by atoms with Crippen LogP contribution in [-0.4, -0.2) is 28.5 Å². The first-order valence-electron chi connectivity index (χ1n) is 4.98. The fourth-order valence-corrected chi connectivity index (χ4v) is 1.74. The number of rotatable bonds is 3. The predicted octanol–water partition coefficient (Wildman–Crippen LogP) is 0.262. The van der Waals surface area contributed by atoms with Gasteiger partial charge in [0.15, 0.2) is 5.82 Å². The van der Waals surface area contributed by atoms with Crippen LogP contribution < -0.4 is 11.3 Å². The number of aromatic amines is 1. The van der Waals surface area contributed by atoms with E-state index in [4.69, 9.17) is 10.5 Å². The standard InChI is InChI=1S/C10H14N4O2/c1-6-5-7-8(9(11)13-12-7)10(15)14(6)3-4-16-2/h5H,3-4H2,1-2H3,(H3,11,12,13). The molecule has 0 spiro atoms. The number of H-pyrrole nitrogens is 1. The highest BCUT2D eigenvalue weighted by Gasteiger charge is 2.11. The number of nitrogen functional groups attached to an aromatic ring is 1. The zero-order valence-corrected chi connectivity index (χ0v) is 9.28. The number of nitrogens with two attached hydrogens (primary N) is 1. The van der Waals surface area contributed by atoms with Gasteiger partial charge in [-0.1, -0.05) is 0 Å². The Kier molecular flexibility index (Phi) is 2.66. The number of methoxy groups -OCH3 is 1. The van der Waals surface area contributed by atoms with Crippen molar-refractivity contribution in [1.82, 2.24) is 14.8 Å². The van der Waals surface area contributed by atoms with Crippen molar-refractivity contribution in [2.24, 2.45) is 0 Å².